The fraction of sp³-hybridized carbons (Fsp3) is 0.407. The van der Waals surface area contributed by atoms with E-state index in [4.69, 9.17) is 0 Å². The minimum Gasteiger partial charge on any atom is -0.318 e. The Labute approximate surface area is 213 Å². The van der Waals surface area contributed by atoms with Crippen LogP contribution >= 0.6 is 11.3 Å². The first kappa shape index (κ1) is 24.2. The van der Waals surface area contributed by atoms with Crippen LogP contribution in [0.4, 0.5) is 5.69 Å². The van der Waals surface area contributed by atoms with Gasteiger partial charge in [0.2, 0.25) is 5.91 Å². The maximum Gasteiger partial charge on any atom is 0.295 e. The summed E-state index contributed by atoms with van der Waals surface area (Å²) in [5, 5.41) is 3.37. The molecule has 8 nitrogen and oxygen atoms in total. The molecule has 1 aliphatic rings. The van der Waals surface area contributed by atoms with Crippen molar-refractivity contribution in [1.82, 2.24) is 18.9 Å². The van der Waals surface area contributed by atoms with E-state index in [1.54, 1.807) is 30.0 Å². The number of para-hydroxylation sites is 1. The van der Waals surface area contributed by atoms with Gasteiger partial charge in [0.15, 0.2) is 0 Å². The van der Waals surface area contributed by atoms with Crippen LogP contribution in [0.3, 0.4) is 0 Å². The first-order chi connectivity index (χ1) is 17.1. The van der Waals surface area contributed by atoms with Crippen LogP contribution in [0, 0.1) is 18.3 Å². The van der Waals surface area contributed by atoms with Crippen LogP contribution in [-0.2, 0) is 31.2 Å². The van der Waals surface area contributed by atoms with E-state index in [0.29, 0.717) is 22.7 Å². The molecule has 3 aromatic heterocycles. The topological polar surface area (TPSA) is 90.9 Å². The SMILES string of the molecule is Cc1c(NC(=O)Cn2cnc3sc4c(c3c2=O)CCC(C(C)(C)C)C4)c(=O)n(-c2ccccc2)n1C. The van der Waals surface area contributed by atoms with Gasteiger partial charge < -0.3 is 5.32 Å². The van der Waals surface area contributed by atoms with Crippen molar-refractivity contribution in [2.75, 3.05) is 5.32 Å². The van der Waals surface area contributed by atoms with E-state index >= 15 is 0 Å². The largest absolute Gasteiger partial charge is 0.318 e. The molecular formula is C27H31N5O3S. The molecule has 188 valence electrons. The molecule has 0 saturated heterocycles. The van der Waals surface area contributed by atoms with Gasteiger partial charge in [-0.1, -0.05) is 39.0 Å². The fourth-order valence-corrected chi connectivity index (χ4v) is 6.36. The lowest BCUT2D eigenvalue weighted by molar-refractivity contribution is -0.116. The molecule has 1 aliphatic carbocycles. The third-order valence-corrected chi connectivity index (χ3v) is 8.56. The highest BCUT2D eigenvalue weighted by molar-refractivity contribution is 7.18. The summed E-state index contributed by atoms with van der Waals surface area (Å²) in [5.41, 5.74) is 2.31. The van der Waals surface area contributed by atoms with Gasteiger partial charge in [0.1, 0.15) is 17.1 Å². The van der Waals surface area contributed by atoms with Crippen LogP contribution < -0.4 is 16.4 Å². The average molecular weight is 506 g/mol. The highest BCUT2D eigenvalue weighted by Gasteiger charge is 2.32. The van der Waals surface area contributed by atoms with Crippen molar-refractivity contribution < 1.29 is 4.79 Å². The van der Waals surface area contributed by atoms with E-state index in [9.17, 15) is 14.4 Å². The van der Waals surface area contributed by atoms with Gasteiger partial charge >= 0.3 is 0 Å². The van der Waals surface area contributed by atoms with Crippen LogP contribution in [0.15, 0.2) is 46.2 Å². The molecule has 1 aromatic carbocycles. The van der Waals surface area contributed by atoms with E-state index < -0.39 is 5.91 Å². The lowest BCUT2D eigenvalue weighted by atomic mass is 9.72. The van der Waals surface area contributed by atoms with E-state index in [2.05, 4.69) is 31.1 Å². The Kier molecular flexibility index (Phi) is 5.98. The number of carbonyl (C=O) groups excluding carboxylic acids is 1. The van der Waals surface area contributed by atoms with Crippen molar-refractivity contribution in [2.24, 2.45) is 18.4 Å². The second-order valence-corrected chi connectivity index (χ2v) is 11.7. The lowest BCUT2D eigenvalue weighted by Gasteiger charge is -2.33. The summed E-state index contributed by atoms with van der Waals surface area (Å²) in [6, 6.07) is 9.24. The number of hydrogen-bond acceptors (Lipinski definition) is 5. The molecule has 0 radical (unpaired) electrons. The second-order valence-electron chi connectivity index (χ2n) is 10.7. The van der Waals surface area contributed by atoms with Crippen LogP contribution in [0.25, 0.3) is 15.9 Å². The number of aryl methyl sites for hydroxylation is 1. The predicted molar refractivity (Wildman–Crippen MR) is 143 cm³/mol. The zero-order valence-corrected chi connectivity index (χ0v) is 22.1. The summed E-state index contributed by atoms with van der Waals surface area (Å²) in [6.07, 6.45) is 4.29. The number of amides is 1. The smallest absolute Gasteiger partial charge is 0.295 e. The van der Waals surface area contributed by atoms with Gasteiger partial charge in [-0.05, 0) is 55.2 Å². The maximum absolute atomic E-state index is 13.4. The van der Waals surface area contributed by atoms with Gasteiger partial charge in [-0.15, -0.1) is 11.3 Å². The Hall–Kier alpha value is -3.46. The predicted octanol–water partition coefficient (Wildman–Crippen LogP) is 4.05. The van der Waals surface area contributed by atoms with Crippen molar-refractivity contribution in [3.63, 3.8) is 0 Å². The molecule has 1 unspecified atom stereocenters. The second kappa shape index (κ2) is 8.89. The minimum atomic E-state index is -0.443. The molecular weight excluding hydrogens is 474 g/mol. The van der Waals surface area contributed by atoms with E-state index in [0.717, 1.165) is 29.7 Å². The highest BCUT2D eigenvalue weighted by atomic mass is 32.1. The molecule has 1 N–H and O–H groups in total. The highest BCUT2D eigenvalue weighted by Crippen LogP contribution is 2.41. The number of aromatic nitrogens is 4. The maximum atomic E-state index is 13.4. The van der Waals surface area contributed by atoms with E-state index in [-0.39, 0.29) is 28.8 Å². The zero-order valence-electron chi connectivity index (χ0n) is 21.3. The molecule has 0 spiro atoms. The molecule has 1 atom stereocenters. The molecule has 0 bridgehead atoms. The number of thiophene rings is 1. The number of rotatable bonds is 4. The molecule has 0 saturated carbocycles. The van der Waals surface area contributed by atoms with Crippen molar-refractivity contribution in [3.8, 4) is 5.69 Å². The molecule has 0 aliphatic heterocycles. The summed E-state index contributed by atoms with van der Waals surface area (Å²) in [5.74, 6) is 0.126. The van der Waals surface area contributed by atoms with Gasteiger partial charge in [0.25, 0.3) is 11.1 Å². The quantitative estimate of drug-likeness (QED) is 0.453. The third kappa shape index (κ3) is 4.11. The van der Waals surface area contributed by atoms with Gasteiger partial charge in [-0.25, -0.2) is 9.67 Å². The average Bonchev–Trinajstić information content (AvgIpc) is 3.31. The Morgan fingerprint density at radius 2 is 1.89 bits per heavy atom. The lowest BCUT2D eigenvalue weighted by Crippen LogP contribution is -2.30. The van der Waals surface area contributed by atoms with E-state index in [1.807, 2.05) is 30.3 Å². The van der Waals surface area contributed by atoms with Gasteiger partial charge in [0, 0.05) is 11.9 Å². The van der Waals surface area contributed by atoms with Crippen molar-refractivity contribution in [1.29, 1.82) is 0 Å². The Morgan fingerprint density at radius 3 is 2.58 bits per heavy atom. The summed E-state index contributed by atoms with van der Waals surface area (Å²) in [6.45, 7) is 8.36. The molecule has 36 heavy (non-hydrogen) atoms. The summed E-state index contributed by atoms with van der Waals surface area (Å²) in [7, 11) is 1.77. The number of anilines is 1. The first-order valence-electron chi connectivity index (χ1n) is 12.2. The van der Waals surface area contributed by atoms with Crippen LogP contribution in [-0.4, -0.2) is 24.8 Å². The van der Waals surface area contributed by atoms with Crippen LogP contribution in [0.2, 0.25) is 0 Å². The summed E-state index contributed by atoms with van der Waals surface area (Å²) >= 11 is 1.60. The molecule has 3 heterocycles. The van der Waals surface area contributed by atoms with Crippen LogP contribution in [0.1, 0.15) is 43.3 Å². The Bertz CT molecular complexity index is 1580. The summed E-state index contributed by atoms with van der Waals surface area (Å²) in [4.78, 5) is 46.0. The Balaban J connectivity index is 1.42. The van der Waals surface area contributed by atoms with Crippen LogP contribution in [0.5, 0.6) is 0 Å². The number of nitrogens with zero attached hydrogens (tertiary/aromatic N) is 4. The molecule has 0 fully saturated rings. The minimum absolute atomic E-state index is 0.201. The number of nitrogens with one attached hydrogen (secondary N) is 1. The standard InChI is InChI=1S/C27H31N5O3S/c1-16-23(26(35)32(30(16)5)18-9-7-6-8-10-18)29-21(33)14-31-15-28-24-22(25(31)34)19-12-11-17(27(2,3)4)13-20(19)36-24/h6-10,15,17H,11-14H2,1-5H3,(H,29,33). The molecule has 1 amide bonds. The molecule has 4 aromatic rings. The van der Waals surface area contributed by atoms with Crippen molar-refractivity contribution >= 4 is 33.1 Å². The number of benzene rings is 1. The Morgan fingerprint density at radius 1 is 1.17 bits per heavy atom. The number of carbonyl (C=O) groups is 1. The zero-order chi connectivity index (χ0) is 25.8. The van der Waals surface area contributed by atoms with Gasteiger partial charge in [-0.3, -0.25) is 23.6 Å². The van der Waals surface area contributed by atoms with Crippen molar-refractivity contribution in [3.05, 3.63) is 73.5 Å². The normalized spacial score (nSPS) is 15.8. The third-order valence-electron chi connectivity index (χ3n) is 7.39. The monoisotopic (exact) mass is 505 g/mol. The molecule has 9 heteroatoms. The van der Waals surface area contributed by atoms with Crippen molar-refractivity contribution in [2.45, 2.75) is 53.5 Å². The summed E-state index contributed by atoms with van der Waals surface area (Å²) < 4.78 is 4.55. The molecule has 5 rings (SSSR count). The number of hydrogen-bond donors (Lipinski definition) is 1. The van der Waals surface area contributed by atoms with Gasteiger partial charge in [-0.2, -0.15) is 0 Å². The first-order valence-corrected chi connectivity index (χ1v) is 13.0. The van der Waals surface area contributed by atoms with E-state index in [1.165, 1.54) is 20.5 Å². The number of fused-ring (bicyclic) bond motifs is 3. The fourth-order valence-electron chi connectivity index (χ4n) is 5.10. The van der Waals surface area contributed by atoms with Gasteiger partial charge in [0.05, 0.1) is 23.1 Å².